The summed E-state index contributed by atoms with van der Waals surface area (Å²) in [6, 6.07) is 12.3. The van der Waals surface area contributed by atoms with Crippen LogP contribution in [-0.4, -0.2) is 9.78 Å². The predicted molar refractivity (Wildman–Crippen MR) is 71.1 cm³/mol. The van der Waals surface area contributed by atoms with Crippen LogP contribution in [0.1, 0.15) is 23.6 Å². The number of nitrogens with zero attached hydrogens (tertiary/aromatic N) is 2. The van der Waals surface area contributed by atoms with Crippen molar-refractivity contribution >= 4 is 11.6 Å². The van der Waals surface area contributed by atoms with Crippen molar-refractivity contribution in [3.05, 3.63) is 53.9 Å². The van der Waals surface area contributed by atoms with Crippen LogP contribution in [0, 0.1) is 5.92 Å². The highest BCUT2D eigenvalue weighted by Crippen LogP contribution is 2.30. The van der Waals surface area contributed by atoms with Gasteiger partial charge in [0.15, 0.2) is 0 Å². The normalized spacial score (nSPS) is 14.5. The molecule has 0 saturated heterocycles. The summed E-state index contributed by atoms with van der Waals surface area (Å²) in [6.45, 7) is 2.17. The molecule has 2 unspecified atom stereocenters. The van der Waals surface area contributed by atoms with Crippen molar-refractivity contribution in [1.82, 2.24) is 9.78 Å². The van der Waals surface area contributed by atoms with Crippen LogP contribution in [0.2, 0.25) is 0 Å². The fraction of sp³-hybridized carbons (Fsp3) is 0.357. The van der Waals surface area contributed by atoms with Crippen LogP contribution in [-0.2, 0) is 13.5 Å². The minimum Gasteiger partial charge on any atom is -0.276 e. The van der Waals surface area contributed by atoms with Gasteiger partial charge in [-0.05, 0) is 24.0 Å². The van der Waals surface area contributed by atoms with Gasteiger partial charge in [-0.2, -0.15) is 5.10 Å². The number of benzene rings is 1. The summed E-state index contributed by atoms with van der Waals surface area (Å²) in [4.78, 5) is 0. The zero-order valence-corrected chi connectivity index (χ0v) is 10.9. The van der Waals surface area contributed by atoms with Gasteiger partial charge in [-0.1, -0.05) is 37.3 Å². The quantitative estimate of drug-likeness (QED) is 0.757. The van der Waals surface area contributed by atoms with Gasteiger partial charge in [0.25, 0.3) is 0 Å². The Labute approximate surface area is 107 Å². The second-order valence-electron chi connectivity index (χ2n) is 4.47. The molecule has 3 heteroatoms. The Bertz CT molecular complexity index is 464. The SMILES string of the molecule is CC(Cc1ccn(C)n1)C(Cl)c1ccccc1. The molecule has 1 aromatic carbocycles. The molecule has 2 aromatic rings. The molecule has 2 nitrogen and oxygen atoms in total. The monoisotopic (exact) mass is 248 g/mol. The summed E-state index contributed by atoms with van der Waals surface area (Å²) in [7, 11) is 1.93. The molecule has 0 aliphatic carbocycles. The summed E-state index contributed by atoms with van der Waals surface area (Å²) >= 11 is 6.48. The number of aromatic nitrogens is 2. The number of hydrogen-bond acceptors (Lipinski definition) is 1. The van der Waals surface area contributed by atoms with Crippen molar-refractivity contribution in [3.63, 3.8) is 0 Å². The fourth-order valence-electron chi connectivity index (χ4n) is 1.97. The van der Waals surface area contributed by atoms with Gasteiger partial charge in [-0.3, -0.25) is 4.68 Å². The standard InChI is InChI=1S/C14H17ClN2/c1-11(10-13-8-9-17(2)16-13)14(15)12-6-4-3-5-7-12/h3-9,11,14H,10H2,1-2H3. The van der Waals surface area contributed by atoms with Gasteiger partial charge in [-0.15, -0.1) is 11.6 Å². The summed E-state index contributed by atoms with van der Waals surface area (Å²) < 4.78 is 1.83. The molecule has 0 aliphatic heterocycles. The van der Waals surface area contributed by atoms with E-state index in [2.05, 4.69) is 24.2 Å². The minimum atomic E-state index is 0.0400. The van der Waals surface area contributed by atoms with Crippen LogP contribution in [0.3, 0.4) is 0 Å². The summed E-state index contributed by atoms with van der Waals surface area (Å²) in [5.41, 5.74) is 2.28. The number of halogens is 1. The largest absolute Gasteiger partial charge is 0.276 e. The van der Waals surface area contributed by atoms with Crippen LogP contribution < -0.4 is 0 Å². The first kappa shape index (κ1) is 12.2. The summed E-state index contributed by atoms with van der Waals surface area (Å²) in [5.74, 6) is 0.369. The van der Waals surface area contributed by atoms with Crippen molar-refractivity contribution < 1.29 is 0 Å². The third kappa shape index (κ3) is 3.10. The molecule has 1 aromatic heterocycles. The Hall–Kier alpha value is -1.28. The van der Waals surface area contributed by atoms with Crippen molar-refractivity contribution in [2.75, 3.05) is 0 Å². The van der Waals surface area contributed by atoms with Crippen molar-refractivity contribution in [1.29, 1.82) is 0 Å². The highest BCUT2D eigenvalue weighted by Gasteiger charge is 2.17. The molecular formula is C14H17ClN2. The van der Waals surface area contributed by atoms with E-state index in [-0.39, 0.29) is 5.38 Å². The van der Waals surface area contributed by atoms with Crippen LogP contribution in [0.4, 0.5) is 0 Å². The molecule has 2 rings (SSSR count). The third-order valence-corrected chi connectivity index (χ3v) is 3.60. The second kappa shape index (κ2) is 5.37. The molecular weight excluding hydrogens is 232 g/mol. The molecule has 0 amide bonds. The Morgan fingerprint density at radius 1 is 1.24 bits per heavy atom. The van der Waals surface area contributed by atoms with E-state index in [4.69, 9.17) is 11.6 Å². The first-order valence-electron chi connectivity index (χ1n) is 5.84. The van der Waals surface area contributed by atoms with E-state index in [1.807, 2.05) is 42.2 Å². The molecule has 17 heavy (non-hydrogen) atoms. The molecule has 0 N–H and O–H groups in total. The predicted octanol–water partition coefficient (Wildman–Crippen LogP) is 3.58. The van der Waals surface area contributed by atoms with E-state index in [9.17, 15) is 0 Å². The average molecular weight is 249 g/mol. The van der Waals surface area contributed by atoms with Gasteiger partial charge >= 0.3 is 0 Å². The molecule has 2 atom stereocenters. The van der Waals surface area contributed by atoms with Crippen LogP contribution in [0.5, 0.6) is 0 Å². The molecule has 1 heterocycles. The van der Waals surface area contributed by atoms with E-state index in [0.29, 0.717) is 5.92 Å². The zero-order valence-electron chi connectivity index (χ0n) is 10.2. The molecule has 0 spiro atoms. The van der Waals surface area contributed by atoms with Crippen molar-refractivity contribution in [2.45, 2.75) is 18.7 Å². The number of rotatable bonds is 4. The van der Waals surface area contributed by atoms with Gasteiger partial charge in [0.2, 0.25) is 0 Å². The van der Waals surface area contributed by atoms with Gasteiger partial charge in [0.05, 0.1) is 11.1 Å². The van der Waals surface area contributed by atoms with Crippen LogP contribution in [0.25, 0.3) is 0 Å². The first-order chi connectivity index (χ1) is 8.16. The van der Waals surface area contributed by atoms with Crippen LogP contribution >= 0.6 is 11.6 Å². The zero-order chi connectivity index (χ0) is 12.3. The lowest BCUT2D eigenvalue weighted by Gasteiger charge is -2.17. The number of aryl methyl sites for hydroxylation is 1. The van der Waals surface area contributed by atoms with Crippen molar-refractivity contribution in [2.24, 2.45) is 13.0 Å². The van der Waals surface area contributed by atoms with E-state index in [1.54, 1.807) is 0 Å². The van der Waals surface area contributed by atoms with Gasteiger partial charge in [0, 0.05) is 13.2 Å². The number of hydrogen-bond donors (Lipinski definition) is 0. The average Bonchev–Trinajstić information content (AvgIpc) is 2.75. The maximum Gasteiger partial charge on any atom is 0.0627 e. The minimum absolute atomic E-state index is 0.0400. The lowest BCUT2D eigenvalue weighted by atomic mass is 9.96. The van der Waals surface area contributed by atoms with Gasteiger partial charge in [-0.25, -0.2) is 0 Å². The van der Waals surface area contributed by atoms with Crippen molar-refractivity contribution in [3.8, 4) is 0 Å². The summed E-state index contributed by atoms with van der Waals surface area (Å²) in [6.07, 6.45) is 2.87. The molecule has 0 saturated carbocycles. The lowest BCUT2D eigenvalue weighted by molar-refractivity contribution is 0.545. The second-order valence-corrected chi connectivity index (χ2v) is 4.94. The Morgan fingerprint density at radius 3 is 2.53 bits per heavy atom. The topological polar surface area (TPSA) is 17.8 Å². The van der Waals surface area contributed by atoms with E-state index in [1.165, 1.54) is 5.56 Å². The highest BCUT2D eigenvalue weighted by atomic mass is 35.5. The fourth-order valence-corrected chi connectivity index (χ4v) is 2.21. The highest BCUT2D eigenvalue weighted by molar-refractivity contribution is 6.21. The Balaban J connectivity index is 2.03. The Morgan fingerprint density at radius 2 is 1.94 bits per heavy atom. The molecule has 0 fully saturated rings. The maximum absolute atomic E-state index is 6.48. The molecule has 0 bridgehead atoms. The molecule has 0 radical (unpaired) electrons. The molecule has 90 valence electrons. The number of alkyl halides is 1. The van der Waals surface area contributed by atoms with Gasteiger partial charge < -0.3 is 0 Å². The smallest absolute Gasteiger partial charge is 0.0627 e. The lowest BCUT2D eigenvalue weighted by Crippen LogP contribution is -2.08. The van der Waals surface area contributed by atoms with E-state index >= 15 is 0 Å². The third-order valence-electron chi connectivity index (χ3n) is 2.92. The summed E-state index contributed by atoms with van der Waals surface area (Å²) in [5, 5.41) is 4.42. The maximum atomic E-state index is 6.48. The first-order valence-corrected chi connectivity index (χ1v) is 6.28. The van der Waals surface area contributed by atoms with E-state index < -0.39 is 0 Å². The van der Waals surface area contributed by atoms with E-state index in [0.717, 1.165) is 12.1 Å². The van der Waals surface area contributed by atoms with Crippen LogP contribution in [0.15, 0.2) is 42.6 Å². The Kier molecular flexibility index (Phi) is 3.85. The molecule has 0 aliphatic rings. The van der Waals surface area contributed by atoms with Gasteiger partial charge in [0.1, 0.15) is 0 Å².